The van der Waals surface area contributed by atoms with Crippen molar-refractivity contribution in [1.82, 2.24) is 0 Å². The normalized spacial score (nSPS) is 14.3. The first-order valence-electron chi connectivity index (χ1n) is 9.43. The molecule has 6 nitrogen and oxygen atoms in total. The molecule has 32 heavy (non-hydrogen) atoms. The maximum atomic E-state index is 13.1. The summed E-state index contributed by atoms with van der Waals surface area (Å²) in [6, 6.07) is 8.84. The predicted molar refractivity (Wildman–Crippen MR) is 118 cm³/mol. The van der Waals surface area contributed by atoms with Crippen molar-refractivity contribution in [3.05, 3.63) is 59.4 Å². The van der Waals surface area contributed by atoms with Gasteiger partial charge in [0.2, 0.25) is 0 Å². The standard InChI is InChI=1S/C18H14F3N2O4S.3CH3.Sn/c1-17(25,11-28(26,27)13-6-4-3-5-7-13)16(24)23-12-8-9-15(22-2)14(10-12)18(19,20)21;;;;/h4-10,25H,11H2,1H3,(H,23,24);3*1H3;/t17-;;;;/m0..../s1. The molecule has 0 bridgehead atoms. The smallest absolute Gasteiger partial charge is 0.167 e. The Morgan fingerprint density at radius 3 is 2.16 bits per heavy atom. The number of carbonyl (C=O) groups excluding carboxylic acids is 1. The van der Waals surface area contributed by atoms with Crippen LogP contribution in [0.2, 0.25) is 14.8 Å². The molecule has 2 aromatic carbocycles. The fourth-order valence-corrected chi connectivity index (χ4v) is 7.80. The molecular weight excluding hydrogens is 552 g/mol. The molecule has 2 rings (SSSR count). The monoisotopic (exact) mass is 576 g/mol. The van der Waals surface area contributed by atoms with Gasteiger partial charge < -0.3 is 0 Å². The van der Waals surface area contributed by atoms with Gasteiger partial charge in [-0.05, 0) is 0 Å². The maximum absolute atomic E-state index is 13.1. The summed E-state index contributed by atoms with van der Waals surface area (Å²) in [5, 5.41) is 12.6. The van der Waals surface area contributed by atoms with Crippen LogP contribution in [0.4, 0.5) is 24.5 Å². The summed E-state index contributed by atoms with van der Waals surface area (Å²) in [5.41, 5.74) is -4.64. The second kappa shape index (κ2) is 9.03. The number of halogens is 3. The third kappa shape index (κ3) is 6.24. The fourth-order valence-electron chi connectivity index (χ4n) is 2.89. The van der Waals surface area contributed by atoms with Crippen molar-refractivity contribution in [3.8, 4) is 0 Å². The van der Waals surface area contributed by atoms with Gasteiger partial charge >= 0.3 is 159 Å². The molecule has 0 saturated carbocycles. The van der Waals surface area contributed by atoms with Gasteiger partial charge in [-0.3, -0.25) is 0 Å². The summed E-state index contributed by atoms with van der Waals surface area (Å²) >= 11 is -2.40. The van der Waals surface area contributed by atoms with Gasteiger partial charge in [0.15, 0.2) is 5.69 Å². The molecule has 1 amide bonds. The van der Waals surface area contributed by atoms with Crippen LogP contribution in [0.5, 0.6) is 0 Å². The van der Waals surface area contributed by atoms with Crippen molar-refractivity contribution in [1.29, 1.82) is 0 Å². The average molecular weight is 575 g/mol. The Hall–Kier alpha value is -2.10. The number of hydrogen-bond donors (Lipinski definition) is 2. The first kappa shape index (κ1) is 26.2. The van der Waals surface area contributed by atoms with Gasteiger partial charge in [-0.25, -0.2) is 4.85 Å². The van der Waals surface area contributed by atoms with Crippen LogP contribution in [0.15, 0.2) is 47.4 Å². The van der Waals surface area contributed by atoms with Crippen molar-refractivity contribution in [3.63, 3.8) is 0 Å². The van der Waals surface area contributed by atoms with E-state index in [1.807, 2.05) is 0 Å². The SMILES string of the molecule is [C-]#[N+]c1ccc(NC(=O)[C@@](C)(O)CS(=O)(=O)c2cc[c]([Sn]([CH3])([CH3])[CH3])cc2)cc1C(F)(F)F. The Kier molecular flexibility index (Phi) is 7.38. The Bertz CT molecular complexity index is 1160. The molecule has 0 spiro atoms. The van der Waals surface area contributed by atoms with E-state index < -0.39 is 62.9 Å². The minimum atomic E-state index is -4.82. The molecule has 0 fully saturated rings. The minimum Gasteiger partial charge on any atom is -0.167 e. The summed E-state index contributed by atoms with van der Waals surface area (Å²) < 4.78 is 65.9. The Morgan fingerprint density at radius 1 is 1.12 bits per heavy atom. The topological polar surface area (TPSA) is 87.8 Å². The fraction of sp³-hybridized carbons (Fsp3) is 0.333. The number of anilines is 1. The molecule has 0 aliphatic rings. The van der Waals surface area contributed by atoms with Gasteiger partial charge in [0.25, 0.3) is 0 Å². The number of amides is 1. The summed E-state index contributed by atoms with van der Waals surface area (Å²) in [5.74, 6) is -2.15. The van der Waals surface area contributed by atoms with E-state index in [2.05, 4.69) is 25.0 Å². The van der Waals surface area contributed by atoms with E-state index in [1.165, 1.54) is 12.1 Å². The second-order valence-electron chi connectivity index (χ2n) is 8.60. The first-order chi connectivity index (χ1) is 14.5. The quantitative estimate of drug-likeness (QED) is 0.404. The van der Waals surface area contributed by atoms with Crippen LogP contribution in [0, 0.1) is 6.57 Å². The van der Waals surface area contributed by atoms with Crippen LogP contribution >= 0.6 is 0 Å². The van der Waals surface area contributed by atoms with Gasteiger partial charge in [0, 0.05) is 0 Å². The van der Waals surface area contributed by atoms with E-state index >= 15 is 0 Å². The van der Waals surface area contributed by atoms with Gasteiger partial charge in [0.1, 0.15) is 0 Å². The molecule has 0 aliphatic carbocycles. The van der Waals surface area contributed by atoms with Crippen LogP contribution in [-0.2, 0) is 20.8 Å². The Labute approximate surface area is 189 Å². The molecule has 172 valence electrons. The number of aliphatic hydroxyl groups is 1. The Balaban J connectivity index is 2.25. The number of carbonyl (C=O) groups is 1. The van der Waals surface area contributed by atoms with Gasteiger partial charge in [-0.2, -0.15) is 13.2 Å². The molecule has 0 aromatic heterocycles. The number of nitrogens with one attached hydrogen (secondary N) is 1. The van der Waals surface area contributed by atoms with Gasteiger partial charge in [0.05, 0.1) is 6.57 Å². The number of rotatable bonds is 6. The number of sulfone groups is 1. The second-order valence-corrected chi connectivity index (χ2v) is 25.1. The molecular formula is C21H23F3N2O4SSn. The van der Waals surface area contributed by atoms with Crippen LogP contribution in [0.25, 0.3) is 4.85 Å². The number of nitrogens with zero attached hydrogens (tertiary/aromatic N) is 1. The third-order valence-corrected chi connectivity index (χ3v) is 12.5. The zero-order chi connectivity index (χ0) is 24.5. The van der Waals surface area contributed by atoms with Crippen LogP contribution in [-0.4, -0.2) is 49.2 Å². The average Bonchev–Trinajstić information content (AvgIpc) is 2.66. The zero-order valence-corrected chi connectivity index (χ0v) is 21.6. The van der Waals surface area contributed by atoms with Crippen LogP contribution in [0.1, 0.15) is 12.5 Å². The molecule has 2 N–H and O–H groups in total. The molecule has 0 aliphatic heterocycles. The molecule has 11 heteroatoms. The van der Waals surface area contributed by atoms with E-state index in [4.69, 9.17) is 6.57 Å². The predicted octanol–water partition coefficient (Wildman–Crippen LogP) is 3.96. The third-order valence-electron chi connectivity index (χ3n) is 4.72. The first-order valence-corrected chi connectivity index (χ1v) is 21.1. The van der Waals surface area contributed by atoms with Crippen LogP contribution in [0.3, 0.4) is 0 Å². The molecule has 0 unspecified atom stereocenters. The molecule has 0 heterocycles. The van der Waals surface area contributed by atoms with Crippen molar-refractivity contribution in [2.24, 2.45) is 0 Å². The molecule has 1 atom stereocenters. The Morgan fingerprint density at radius 2 is 1.69 bits per heavy atom. The van der Waals surface area contributed by atoms with E-state index in [-0.39, 0.29) is 10.6 Å². The van der Waals surface area contributed by atoms with Crippen molar-refractivity contribution in [2.45, 2.75) is 38.4 Å². The molecule has 0 radical (unpaired) electrons. The number of hydrogen-bond acceptors (Lipinski definition) is 4. The summed E-state index contributed by atoms with van der Waals surface area (Å²) in [6.07, 6.45) is -4.82. The zero-order valence-electron chi connectivity index (χ0n) is 17.9. The molecule has 2 aromatic rings. The van der Waals surface area contributed by atoms with Gasteiger partial charge in [-0.1, -0.05) is 0 Å². The summed E-state index contributed by atoms with van der Waals surface area (Å²) in [6.45, 7) is 7.81. The summed E-state index contributed by atoms with van der Waals surface area (Å²) in [4.78, 5) is 21.7. The van der Waals surface area contributed by atoms with Gasteiger partial charge in [-0.15, -0.1) is 0 Å². The summed E-state index contributed by atoms with van der Waals surface area (Å²) in [7, 11) is -4.07. The van der Waals surface area contributed by atoms with E-state index in [0.29, 0.717) is 6.07 Å². The van der Waals surface area contributed by atoms with Crippen molar-refractivity contribution < 1.29 is 31.5 Å². The molecule has 0 saturated heterocycles. The van der Waals surface area contributed by atoms with E-state index in [0.717, 1.165) is 22.6 Å². The van der Waals surface area contributed by atoms with E-state index in [1.54, 1.807) is 12.1 Å². The number of benzene rings is 2. The van der Waals surface area contributed by atoms with Crippen molar-refractivity contribution in [2.75, 3.05) is 11.1 Å². The van der Waals surface area contributed by atoms with Crippen LogP contribution < -0.4 is 8.90 Å². The number of alkyl halides is 3. The minimum absolute atomic E-state index is 0.0642. The van der Waals surface area contributed by atoms with Crippen molar-refractivity contribution >= 4 is 49.1 Å². The van der Waals surface area contributed by atoms with E-state index in [9.17, 15) is 31.5 Å².